The lowest BCUT2D eigenvalue weighted by molar-refractivity contribution is -0.199. The highest BCUT2D eigenvalue weighted by atomic mass is 32.2. The van der Waals surface area contributed by atoms with Crippen molar-refractivity contribution in [3.8, 4) is 0 Å². The summed E-state index contributed by atoms with van der Waals surface area (Å²) in [5.74, 6) is -0.667. The van der Waals surface area contributed by atoms with Crippen LogP contribution >= 0.6 is 0 Å². The van der Waals surface area contributed by atoms with Gasteiger partial charge < -0.3 is 25.3 Å². The predicted octanol–water partition coefficient (Wildman–Crippen LogP) is 4.89. The fraction of sp³-hybridized carbons (Fsp3) is 0.595. The number of unbranched alkanes of at least 4 members (excludes halogenated alkanes) is 1. The lowest BCUT2D eigenvalue weighted by atomic mass is 9.43. The molecule has 12 nitrogen and oxygen atoms in total. The number of anilines is 1. The maximum atomic E-state index is 14.0. The van der Waals surface area contributed by atoms with E-state index < -0.39 is 59.3 Å². The number of rotatable bonds is 15. The second-order valence-corrected chi connectivity index (χ2v) is 17.2. The summed E-state index contributed by atoms with van der Waals surface area (Å²) < 4.78 is 43.3. The van der Waals surface area contributed by atoms with Gasteiger partial charge in [-0.25, -0.2) is 9.52 Å². The van der Waals surface area contributed by atoms with Gasteiger partial charge in [0.25, 0.3) is 5.91 Å². The van der Waals surface area contributed by atoms with Crippen LogP contribution in [0.3, 0.4) is 0 Å². The SMILES string of the molecule is CCCCc1ccc(C(=O)N[C@@H](CNS(=O)(=O)NC(=O)Nc2ccc(C)cc2)C(=O)N[C@@H](CC(C)C)B2O[C@@H]3C[C@H]4C[C@H](C4(C)C)[C@]3(C)O2)cc1. The molecule has 5 N–H and O–H groups in total. The van der Waals surface area contributed by atoms with Crippen molar-refractivity contribution < 1.29 is 32.1 Å². The molecule has 2 aromatic carbocycles. The molecule has 4 amide bonds. The number of amides is 4. The van der Waals surface area contributed by atoms with Crippen LogP contribution in [0.1, 0.15) is 95.1 Å². The molecule has 3 aliphatic carbocycles. The number of benzene rings is 2. The number of urea groups is 1. The molecule has 6 rings (SSSR count). The molecule has 51 heavy (non-hydrogen) atoms. The Hall–Kier alpha value is -3.46. The first kappa shape index (κ1) is 38.8. The van der Waals surface area contributed by atoms with Crippen LogP contribution < -0.4 is 25.4 Å². The lowest BCUT2D eigenvalue weighted by Crippen LogP contribution is -2.65. The van der Waals surface area contributed by atoms with E-state index in [0.717, 1.165) is 43.2 Å². The highest BCUT2D eigenvalue weighted by Gasteiger charge is 2.68. The van der Waals surface area contributed by atoms with Crippen LogP contribution in [0.5, 0.6) is 0 Å². The molecule has 1 saturated heterocycles. The molecule has 4 aliphatic rings. The molecule has 0 radical (unpaired) electrons. The Morgan fingerprint density at radius 3 is 2.29 bits per heavy atom. The van der Waals surface area contributed by atoms with Crippen molar-refractivity contribution in [1.29, 1.82) is 0 Å². The Kier molecular flexibility index (Phi) is 11.9. The molecule has 3 saturated carbocycles. The lowest BCUT2D eigenvalue weighted by Gasteiger charge is -2.64. The van der Waals surface area contributed by atoms with E-state index in [-0.39, 0.29) is 17.4 Å². The van der Waals surface area contributed by atoms with Crippen molar-refractivity contribution in [2.24, 2.45) is 23.2 Å². The number of carbonyl (C=O) groups is 3. The molecule has 0 aromatic heterocycles. The summed E-state index contributed by atoms with van der Waals surface area (Å²) in [6, 6.07) is 11.6. The summed E-state index contributed by atoms with van der Waals surface area (Å²) in [4.78, 5) is 40.0. The highest BCUT2D eigenvalue weighted by molar-refractivity contribution is 7.88. The summed E-state index contributed by atoms with van der Waals surface area (Å²) in [6.07, 6.45) is 5.37. The summed E-state index contributed by atoms with van der Waals surface area (Å²) in [5.41, 5.74) is 2.45. The Labute approximate surface area is 303 Å². The largest absolute Gasteiger partial charge is 0.481 e. The fourth-order valence-electron chi connectivity index (χ4n) is 7.90. The number of aryl methyl sites for hydroxylation is 2. The van der Waals surface area contributed by atoms with Crippen LogP contribution in [0, 0.1) is 30.1 Å². The van der Waals surface area contributed by atoms with Crippen LogP contribution in [-0.4, -0.2) is 63.6 Å². The molecule has 1 heterocycles. The van der Waals surface area contributed by atoms with Crippen LogP contribution in [0.25, 0.3) is 0 Å². The first-order valence-electron chi connectivity index (χ1n) is 18.2. The zero-order valence-corrected chi connectivity index (χ0v) is 31.7. The summed E-state index contributed by atoms with van der Waals surface area (Å²) in [6.45, 7) is 14.2. The van der Waals surface area contributed by atoms with Gasteiger partial charge in [-0.1, -0.05) is 70.9 Å². The Morgan fingerprint density at radius 1 is 0.980 bits per heavy atom. The van der Waals surface area contributed by atoms with Crippen molar-refractivity contribution in [3.05, 3.63) is 65.2 Å². The summed E-state index contributed by atoms with van der Waals surface area (Å²) in [5, 5.41) is 8.21. The Morgan fingerprint density at radius 2 is 1.67 bits per heavy atom. The van der Waals surface area contributed by atoms with Crippen molar-refractivity contribution >= 4 is 40.9 Å². The molecule has 2 aromatic rings. The minimum absolute atomic E-state index is 0.0921. The molecular weight excluding hydrogens is 669 g/mol. The van der Waals surface area contributed by atoms with Gasteiger partial charge in [0.05, 0.1) is 17.6 Å². The van der Waals surface area contributed by atoms with Crippen LogP contribution in [-0.2, 0) is 30.7 Å². The molecular formula is C37H54BN5O7S. The van der Waals surface area contributed by atoms with E-state index >= 15 is 0 Å². The first-order chi connectivity index (χ1) is 24.0. The van der Waals surface area contributed by atoms with E-state index in [9.17, 15) is 22.8 Å². The predicted molar refractivity (Wildman–Crippen MR) is 198 cm³/mol. The van der Waals surface area contributed by atoms with Gasteiger partial charge in [-0.2, -0.15) is 13.1 Å². The number of hydrogen-bond donors (Lipinski definition) is 5. The van der Waals surface area contributed by atoms with Crippen molar-refractivity contribution in [2.45, 2.75) is 111 Å². The van der Waals surface area contributed by atoms with E-state index in [0.29, 0.717) is 29.5 Å². The molecule has 0 spiro atoms. The second kappa shape index (κ2) is 15.7. The third kappa shape index (κ3) is 9.14. The normalized spacial score (nSPS) is 24.5. The third-order valence-electron chi connectivity index (χ3n) is 11.0. The average molecular weight is 724 g/mol. The van der Waals surface area contributed by atoms with E-state index in [4.69, 9.17) is 9.31 Å². The van der Waals surface area contributed by atoms with E-state index in [1.165, 1.54) is 0 Å². The van der Waals surface area contributed by atoms with Crippen molar-refractivity contribution in [2.75, 3.05) is 11.9 Å². The monoisotopic (exact) mass is 723 g/mol. The average Bonchev–Trinajstić information content (AvgIpc) is 3.43. The standard InChI is InChI=1S/C37H54BN5O7S/c1-8-9-10-25-13-15-26(16-14-25)33(44)41-29(22-39-51(47,48)43-35(46)40-28-17-11-24(4)12-18-28)34(45)42-32(19-23(2)3)38-49-31-21-27-20-30(36(27,5)6)37(31,7)50-38/h11-18,23,27,29-32,39H,8-10,19-22H2,1-7H3,(H,41,44)(H,42,45)(H2,40,43,46)/t27-,29+,30-,31-,32+,37+/m1/s1. The highest BCUT2D eigenvalue weighted by Crippen LogP contribution is 2.65. The summed E-state index contributed by atoms with van der Waals surface area (Å²) in [7, 11) is -5.15. The van der Waals surface area contributed by atoms with E-state index in [1.807, 2.05) is 37.6 Å². The molecule has 14 heteroatoms. The van der Waals surface area contributed by atoms with Crippen LogP contribution in [0.15, 0.2) is 48.5 Å². The number of hydrogen-bond acceptors (Lipinski definition) is 7. The number of carbonyl (C=O) groups excluding carboxylic acids is 3. The van der Waals surface area contributed by atoms with Gasteiger partial charge in [-0.3, -0.25) is 9.59 Å². The fourth-order valence-corrected chi connectivity index (χ4v) is 8.65. The first-order valence-corrected chi connectivity index (χ1v) is 19.7. The second-order valence-electron chi connectivity index (χ2n) is 15.7. The molecule has 278 valence electrons. The van der Waals surface area contributed by atoms with E-state index in [1.54, 1.807) is 36.4 Å². The maximum Gasteiger partial charge on any atom is 0.481 e. The van der Waals surface area contributed by atoms with Gasteiger partial charge in [-0.15, -0.1) is 0 Å². The zero-order valence-electron chi connectivity index (χ0n) is 30.9. The zero-order chi connectivity index (χ0) is 37.1. The smallest absolute Gasteiger partial charge is 0.404 e. The Balaban J connectivity index is 1.30. The van der Waals surface area contributed by atoms with Crippen LogP contribution in [0.4, 0.5) is 10.5 Å². The van der Waals surface area contributed by atoms with Gasteiger partial charge >= 0.3 is 23.4 Å². The molecule has 2 bridgehead atoms. The van der Waals surface area contributed by atoms with Gasteiger partial charge in [0, 0.05) is 17.8 Å². The maximum absolute atomic E-state index is 14.0. The molecule has 0 unspecified atom stereocenters. The van der Waals surface area contributed by atoms with Gasteiger partial charge in [0.15, 0.2) is 0 Å². The van der Waals surface area contributed by atoms with Gasteiger partial charge in [-0.05, 0) is 98.9 Å². The quantitative estimate of drug-likeness (QED) is 0.163. The van der Waals surface area contributed by atoms with Gasteiger partial charge in [0.2, 0.25) is 5.91 Å². The van der Waals surface area contributed by atoms with Crippen LogP contribution in [0.2, 0.25) is 0 Å². The van der Waals surface area contributed by atoms with Gasteiger partial charge in [0.1, 0.15) is 6.04 Å². The van der Waals surface area contributed by atoms with Crippen molar-refractivity contribution in [1.82, 2.24) is 20.1 Å². The Bertz CT molecular complexity index is 1670. The minimum atomic E-state index is -4.44. The minimum Gasteiger partial charge on any atom is -0.404 e. The third-order valence-corrected chi connectivity index (χ3v) is 12.0. The molecule has 6 atom stereocenters. The summed E-state index contributed by atoms with van der Waals surface area (Å²) >= 11 is 0. The van der Waals surface area contributed by atoms with E-state index in [2.05, 4.69) is 48.4 Å². The molecule has 1 aliphatic heterocycles. The van der Waals surface area contributed by atoms with Crippen molar-refractivity contribution in [3.63, 3.8) is 0 Å². The number of nitrogens with one attached hydrogen (secondary N) is 5. The molecule has 4 fully saturated rings. The topological polar surface area (TPSA) is 164 Å².